The molecule has 0 aliphatic heterocycles. The molecule has 0 fully saturated rings. The van der Waals surface area contributed by atoms with Crippen LogP contribution in [0.3, 0.4) is 0 Å². The molecule has 0 heterocycles. The summed E-state index contributed by atoms with van der Waals surface area (Å²) in [5.74, 6) is 0.134. The number of sulfone groups is 1. The molecule has 1 aromatic rings. The Hall–Kier alpha value is -0.870. The molecule has 0 amide bonds. The van der Waals surface area contributed by atoms with Crippen molar-refractivity contribution in [3.05, 3.63) is 35.9 Å². The summed E-state index contributed by atoms with van der Waals surface area (Å²) in [6.45, 7) is 3.31. The van der Waals surface area contributed by atoms with Gasteiger partial charge in [-0.1, -0.05) is 37.3 Å². The SMILES string of the molecule is CCS(=O)(=O)C(C)C(N)c1ccccc1. The standard InChI is InChI=1S/C11H17NO2S/c1-3-15(13,14)9(2)11(12)10-7-5-4-6-8-10/h4-9,11H,3,12H2,1-2H3. The maximum atomic E-state index is 11.6. The Morgan fingerprint density at radius 2 is 1.80 bits per heavy atom. The molecular weight excluding hydrogens is 210 g/mol. The molecule has 0 saturated carbocycles. The molecule has 2 unspecified atom stereocenters. The van der Waals surface area contributed by atoms with E-state index in [0.717, 1.165) is 5.56 Å². The molecular formula is C11H17NO2S. The van der Waals surface area contributed by atoms with Gasteiger partial charge in [0.25, 0.3) is 0 Å². The lowest BCUT2D eigenvalue weighted by molar-refractivity contribution is 0.566. The Kier molecular flexibility index (Phi) is 3.88. The predicted octanol–water partition coefficient (Wildman–Crippen LogP) is 1.51. The van der Waals surface area contributed by atoms with Crippen LogP contribution in [-0.4, -0.2) is 19.4 Å². The van der Waals surface area contributed by atoms with E-state index in [-0.39, 0.29) is 5.75 Å². The van der Waals surface area contributed by atoms with Crippen LogP contribution < -0.4 is 5.73 Å². The van der Waals surface area contributed by atoms with Gasteiger partial charge in [0.05, 0.1) is 5.25 Å². The lowest BCUT2D eigenvalue weighted by Crippen LogP contribution is -2.32. The number of rotatable bonds is 4. The van der Waals surface area contributed by atoms with Crippen molar-refractivity contribution in [2.45, 2.75) is 25.1 Å². The normalized spacial score (nSPS) is 15.9. The Bertz CT molecular complexity index is 400. The van der Waals surface area contributed by atoms with Gasteiger partial charge in [0.2, 0.25) is 0 Å². The molecule has 0 radical (unpaired) electrons. The molecule has 0 aromatic heterocycles. The van der Waals surface area contributed by atoms with Crippen molar-refractivity contribution < 1.29 is 8.42 Å². The van der Waals surface area contributed by atoms with Gasteiger partial charge in [0, 0.05) is 11.8 Å². The highest BCUT2D eigenvalue weighted by atomic mass is 32.2. The van der Waals surface area contributed by atoms with E-state index in [0.29, 0.717) is 0 Å². The van der Waals surface area contributed by atoms with Gasteiger partial charge < -0.3 is 5.73 Å². The van der Waals surface area contributed by atoms with E-state index in [4.69, 9.17) is 5.73 Å². The summed E-state index contributed by atoms with van der Waals surface area (Å²) in [5, 5.41) is -0.537. The minimum Gasteiger partial charge on any atom is -0.323 e. The second-order valence-electron chi connectivity index (χ2n) is 3.59. The van der Waals surface area contributed by atoms with E-state index in [1.807, 2.05) is 30.3 Å². The lowest BCUT2D eigenvalue weighted by atomic mass is 10.1. The maximum Gasteiger partial charge on any atom is 0.154 e. The monoisotopic (exact) mass is 227 g/mol. The zero-order chi connectivity index (χ0) is 11.5. The van der Waals surface area contributed by atoms with Gasteiger partial charge in [-0.15, -0.1) is 0 Å². The molecule has 84 valence electrons. The third-order valence-corrected chi connectivity index (χ3v) is 4.89. The third kappa shape index (κ3) is 2.79. The van der Waals surface area contributed by atoms with Crippen molar-refractivity contribution in [3.8, 4) is 0 Å². The van der Waals surface area contributed by atoms with Crippen LogP contribution in [0.2, 0.25) is 0 Å². The number of benzene rings is 1. The van der Waals surface area contributed by atoms with Crippen molar-refractivity contribution in [2.24, 2.45) is 5.73 Å². The van der Waals surface area contributed by atoms with Crippen molar-refractivity contribution in [1.82, 2.24) is 0 Å². The summed E-state index contributed by atoms with van der Waals surface area (Å²) >= 11 is 0. The zero-order valence-electron chi connectivity index (χ0n) is 9.05. The van der Waals surface area contributed by atoms with Crippen LogP contribution in [0.15, 0.2) is 30.3 Å². The molecule has 15 heavy (non-hydrogen) atoms. The summed E-state index contributed by atoms with van der Waals surface area (Å²) in [6.07, 6.45) is 0. The van der Waals surface area contributed by atoms with Gasteiger partial charge in [-0.05, 0) is 12.5 Å². The first-order valence-electron chi connectivity index (χ1n) is 5.01. The van der Waals surface area contributed by atoms with Crippen molar-refractivity contribution in [2.75, 3.05) is 5.75 Å². The Morgan fingerprint density at radius 1 is 1.27 bits per heavy atom. The van der Waals surface area contributed by atoms with Crippen LogP contribution in [-0.2, 0) is 9.84 Å². The van der Waals surface area contributed by atoms with E-state index in [1.165, 1.54) is 0 Å². The molecule has 0 bridgehead atoms. The second-order valence-corrected chi connectivity index (χ2v) is 6.24. The molecule has 1 rings (SSSR count). The average Bonchev–Trinajstić information content (AvgIpc) is 2.28. The van der Waals surface area contributed by atoms with E-state index >= 15 is 0 Å². The largest absolute Gasteiger partial charge is 0.323 e. The average molecular weight is 227 g/mol. The van der Waals surface area contributed by atoms with Gasteiger partial charge in [-0.3, -0.25) is 0 Å². The fourth-order valence-electron chi connectivity index (χ4n) is 1.43. The van der Waals surface area contributed by atoms with Gasteiger partial charge in [0.1, 0.15) is 0 Å². The van der Waals surface area contributed by atoms with E-state index in [1.54, 1.807) is 13.8 Å². The predicted molar refractivity (Wildman–Crippen MR) is 62.3 cm³/mol. The summed E-state index contributed by atoms with van der Waals surface area (Å²) in [7, 11) is -3.07. The number of hydrogen-bond donors (Lipinski definition) is 1. The van der Waals surface area contributed by atoms with Gasteiger partial charge in [-0.2, -0.15) is 0 Å². The lowest BCUT2D eigenvalue weighted by Gasteiger charge is -2.19. The molecule has 3 nitrogen and oxygen atoms in total. The first-order valence-corrected chi connectivity index (χ1v) is 6.72. The fraction of sp³-hybridized carbons (Fsp3) is 0.455. The molecule has 0 aliphatic carbocycles. The molecule has 2 atom stereocenters. The highest BCUT2D eigenvalue weighted by Gasteiger charge is 2.26. The van der Waals surface area contributed by atoms with Gasteiger partial charge in [-0.25, -0.2) is 8.42 Å². The zero-order valence-corrected chi connectivity index (χ0v) is 9.87. The van der Waals surface area contributed by atoms with Crippen LogP contribution in [0, 0.1) is 0 Å². The fourth-order valence-corrected chi connectivity index (χ4v) is 2.56. The molecule has 0 spiro atoms. The molecule has 2 N–H and O–H groups in total. The van der Waals surface area contributed by atoms with Crippen molar-refractivity contribution in [1.29, 1.82) is 0 Å². The molecule has 4 heteroatoms. The minimum atomic E-state index is -3.07. The first-order chi connectivity index (χ1) is 6.99. The summed E-state index contributed by atoms with van der Waals surface area (Å²) < 4.78 is 23.3. The number of nitrogens with two attached hydrogens (primary N) is 1. The van der Waals surface area contributed by atoms with Gasteiger partial charge >= 0.3 is 0 Å². The summed E-state index contributed by atoms with van der Waals surface area (Å²) in [4.78, 5) is 0. The Labute approximate surface area is 91.2 Å². The van der Waals surface area contributed by atoms with E-state index in [9.17, 15) is 8.42 Å². The highest BCUT2D eigenvalue weighted by Crippen LogP contribution is 2.19. The first kappa shape index (κ1) is 12.2. The molecule has 0 saturated heterocycles. The minimum absolute atomic E-state index is 0.134. The molecule has 0 aliphatic rings. The third-order valence-electron chi connectivity index (χ3n) is 2.66. The van der Waals surface area contributed by atoms with Crippen molar-refractivity contribution >= 4 is 9.84 Å². The smallest absolute Gasteiger partial charge is 0.154 e. The second kappa shape index (κ2) is 4.77. The topological polar surface area (TPSA) is 60.2 Å². The molecule has 1 aromatic carbocycles. The van der Waals surface area contributed by atoms with E-state index < -0.39 is 21.1 Å². The highest BCUT2D eigenvalue weighted by molar-refractivity contribution is 7.92. The Morgan fingerprint density at radius 3 is 2.27 bits per heavy atom. The number of hydrogen-bond acceptors (Lipinski definition) is 3. The van der Waals surface area contributed by atoms with Crippen LogP contribution >= 0.6 is 0 Å². The quantitative estimate of drug-likeness (QED) is 0.848. The van der Waals surface area contributed by atoms with Crippen LogP contribution in [0.1, 0.15) is 25.5 Å². The van der Waals surface area contributed by atoms with Crippen LogP contribution in [0.4, 0.5) is 0 Å². The summed E-state index contributed by atoms with van der Waals surface area (Å²) in [6, 6.07) is 8.87. The maximum absolute atomic E-state index is 11.6. The summed E-state index contributed by atoms with van der Waals surface area (Å²) in [5.41, 5.74) is 6.78. The van der Waals surface area contributed by atoms with Crippen LogP contribution in [0.5, 0.6) is 0 Å². The van der Waals surface area contributed by atoms with Crippen molar-refractivity contribution in [3.63, 3.8) is 0 Å². The van der Waals surface area contributed by atoms with E-state index in [2.05, 4.69) is 0 Å². The van der Waals surface area contributed by atoms with Gasteiger partial charge in [0.15, 0.2) is 9.84 Å². The Balaban J connectivity index is 2.92. The van der Waals surface area contributed by atoms with Crippen LogP contribution in [0.25, 0.3) is 0 Å².